The van der Waals surface area contributed by atoms with Gasteiger partial charge in [-0.2, -0.15) is 0 Å². The molecule has 0 unspecified atom stereocenters. The summed E-state index contributed by atoms with van der Waals surface area (Å²) in [5.74, 6) is 1.30. The molecule has 0 aliphatic carbocycles. The maximum atomic E-state index is 5.06. The van der Waals surface area contributed by atoms with Crippen molar-refractivity contribution in [1.29, 1.82) is 0 Å². The van der Waals surface area contributed by atoms with Gasteiger partial charge in [-0.05, 0) is 55.5 Å². The van der Waals surface area contributed by atoms with Gasteiger partial charge in [0, 0.05) is 32.5 Å². The van der Waals surface area contributed by atoms with E-state index in [-0.39, 0.29) is 1.43 Å². The highest BCUT2D eigenvalue weighted by Gasteiger charge is 2.16. The molecule has 0 radical (unpaired) electrons. The first-order valence-electron chi connectivity index (χ1n) is 9.62. The van der Waals surface area contributed by atoms with Gasteiger partial charge in [-0.15, -0.1) is 0 Å². The van der Waals surface area contributed by atoms with Crippen LogP contribution in [0.2, 0.25) is 0 Å². The molecule has 0 saturated carbocycles. The number of hydrogen-bond donors (Lipinski definition) is 1. The number of fused-ring (bicyclic) bond motifs is 1. The van der Waals surface area contributed by atoms with Gasteiger partial charge in [0.15, 0.2) is 0 Å². The molecule has 0 bridgehead atoms. The molecule has 4 heteroatoms. The number of nitrogens with one attached hydrogen (secondary N) is 1. The summed E-state index contributed by atoms with van der Waals surface area (Å²) >= 11 is 0. The van der Waals surface area contributed by atoms with Gasteiger partial charge < -0.3 is 9.88 Å². The van der Waals surface area contributed by atoms with Crippen LogP contribution in [0.25, 0.3) is 22.3 Å². The summed E-state index contributed by atoms with van der Waals surface area (Å²) < 4.78 is 2.34. The zero-order valence-electron chi connectivity index (χ0n) is 16.8. The third kappa shape index (κ3) is 3.33. The standard InChI is InChI=1S/C22H30N4.H2/c1-7-8-11-26-13-16(5)21-19(26)12-15(4)20(25-21)17-9-10-18(14(2)3)24-22(17)23-6;/h9-10,12-14H,7-8,11H2,1-6H3,(H,23,24);1H. The van der Waals surface area contributed by atoms with Gasteiger partial charge >= 0.3 is 0 Å². The van der Waals surface area contributed by atoms with Crippen LogP contribution < -0.4 is 5.32 Å². The molecule has 3 aromatic rings. The van der Waals surface area contributed by atoms with Crippen LogP contribution in [0.4, 0.5) is 5.82 Å². The molecule has 0 amide bonds. The van der Waals surface area contributed by atoms with E-state index in [1.54, 1.807) is 0 Å². The van der Waals surface area contributed by atoms with Crippen LogP contribution in [0.15, 0.2) is 24.4 Å². The molecule has 0 fully saturated rings. The molecule has 3 aromatic heterocycles. The minimum atomic E-state index is 0. The lowest BCUT2D eigenvalue weighted by Crippen LogP contribution is -2.03. The van der Waals surface area contributed by atoms with Crippen molar-refractivity contribution in [3.8, 4) is 11.3 Å². The Labute approximate surface area is 158 Å². The lowest BCUT2D eigenvalue weighted by molar-refractivity contribution is 0.649. The quantitative estimate of drug-likeness (QED) is 0.598. The number of anilines is 1. The van der Waals surface area contributed by atoms with E-state index in [9.17, 15) is 0 Å². The third-order valence-electron chi connectivity index (χ3n) is 4.98. The van der Waals surface area contributed by atoms with Crippen molar-refractivity contribution >= 4 is 16.9 Å². The van der Waals surface area contributed by atoms with Gasteiger partial charge in [0.1, 0.15) is 5.82 Å². The van der Waals surface area contributed by atoms with Crippen LogP contribution >= 0.6 is 0 Å². The Hall–Kier alpha value is -2.36. The SMILES string of the molecule is CCCCn1cc(C)c2nc(-c3ccc(C(C)C)nc3NC)c(C)cc21.[HH]. The lowest BCUT2D eigenvalue weighted by Gasteiger charge is -2.14. The van der Waals surface area contributed by atoms with Crippen molar-refractivity contribution in [3.63, 3.8) is 0 Å². The molecular weight excluding hydrogens is 320 g/mol. The fourth-order valence-corrected chi connectivity index (χ4v) is 3.44. The molecule has 140 valence electrons. The smallest absolute Gasteiger partial charge is 0.135 e. The van der Waals surface area contributed by atoms with Crippen molar-refractivity contribution in [2.75, 3.05) is 12.4 Å². The van der Waals surface area contributed by atoms with Gasteiger partial charge in [-0.1, -0.05) is 27.2 Å². The number of aromatic nitrogens is 3. The van der Waals surface area contributed by atoms with Gasteiger partial charge in [0.2, 0.25) is 0 Å². The second-order valence-electron chi connectivity index (χ2n) is 7.42. The molecule has 26 heavy (non-hydrogen) atoms. The molecule has 3 rings (SSSR count). The van der Waals surface area contributed by atoms with Gasteiger partial charge in [0.05, 0.1) is 16.7 Å². The fraction of sp³-hybridized carbons (Fsp3) is 0.455. The van der Waals surface area contributed by atoms with Crippen LogP contribution in [-0.2, 0) is 6.54 Å². The average molecular weight is 353 g/mol. The van der Waals surface area contributed by atoms with Crippen LogP contribution in [0.1, 0.15) is 57.8 Å². The normalized spacial score (nSPS) is 11.5. The molecular formula is C22H32N4. The van der Waals surface area contributed by atoms with Gasteiger partial charge in [0.25, 0.3) is 0 Å². The monoisotopic (exact) mass is 352 g/mol. The highest BCUT2D eigenvalue weighted by atomic mass is 15.0. The molecule has 0 aliphatic rings. The largest absolute Gasteiger partial charge is 0.373 e. The summed E-state index contributed by atoms with van der Waals surface area (Å²) in [6.07, 6.45) is 4.62. The Morgan fingerprint density at radius 3 is 2.58 bits per heavy atom. The van der Waals surface area contributed by atoms with E-state index in [0.29, 0.717) is 5.92 Å². The number of aryl methyl sites for hydroxylation is 3. The molecule has 0 aromatic carbocycles. The lowest BCUT2D eigenvalue weighted by atomic mass is 10.0. The predicted octanol–water partition coefficient (Wildman–Crippen LogP) is 5.93. The number of pyridine rings is 2. The number of nitrogens with zero attached hydrogens (tertiary/aromatic N) is 3. The molecule has 4 nitrogen and oxygen atoms in total. The summed E-state index contributed by atoms with van der Waals surface area (Å²) in [5.41, 5.74) is 7.92. The number of hydrogen-bond acceptors (Lipinski definition) is 3. The van der Waals surface area contributed by atoms with Crippen LogP contribution in [0, 0.1) is 13.8 Å². The molecule has 0 saturated heterocycles. The van der Waals surface area contributed by atoms with E-state index in [1.807, 2.05) is 7.05 Å². The summed E-state index contributed by atoms with van der Waals surface area (Å²) in [6, 6.07) is 6.54. The highest BCUT2D eigenvalue weighted by Crippen LogP contribution is 2.32. The Bertz CT molecular complexity index is 928. The molecule has 3 heterocycles. The minimum absolute atomic E-state index is 0. The number of unbranched alkanes of at least 4 members (excludes halogenated alkanes) is 1. The van der Waals surface area contributed by atoms with Gasteiger partial charge in [-0.3, -0.25) is 0 Å². The van der Waals surface area contributed by atoms with E-state index in [4.69, 9.17) is 9.97 Å². The topological polar surface area (TPSA) is 42.7 Å². The van der Waals surface area contributed by atoms with E-state index in [0.717, 1.165) is 34.8 Å². The Kier molecular flexibility index (Phi) is 5.30. The van der Waals surface area contributed by atoms with Crippen molar-refractivity contribution in [2.45, 2.75) is 59.9 Å². The number of rotatable bonds is 6. The zero-order chi connectivity index (χ0) is 18.8. The maximum Gasteiger partial charge on any atom is 0.135 e. The van der Waals surface area contributed by atoms with Crippen molar-refractivity contribution in [1.82, 2.24) is 14.5 Å². The second-order valence-corrected chi connectivity index (χ2v) is 7.42. The van der Waals surface area contributed by atoms with Crippen molar-refractivity contribution < 1.29 is 1.43 Å². The van der Waals surface area contributed by atoms with E-state index in [2.05, 4.69) is 68.9 Å². The summed E-state index contributed by atoms with van der Waals surface area (Å²) in [4.78, 5) is 9.86. The molecule has 1 N–H and O–H groups in total. The second kappa shape index (κ2) is 7.48. The van der Waals surface area contributed by atoms with E-state index < -0.39 is 0 Å². The summed E-state index contributed by atoms with van der Waals surface area (Å²) in [5, 5.41) is 3.26. The van der Waals surface area contributed by atoms with Crippen LogP contribution in [0.5, 0.6) is 0 Å². The fourth-order valence-electron chi connectivity index (χ4n) is 3.44. The Morgan fingerprint density at radius 2 is 1.92 bits per heavy atom. The molecule has 0 spiro atoms. The first kappa shape index (κ1) is 18.4. The van der Waals surface area contributed by atoms with Crippen molar-refractivity contribution in [3.05, 3.63) is 41.2 Å². The van der Waals surface area contributed by atoms with E-state index in [1.165, 1.54) is 29.5 Å². The third-order valence-corrected chi connectivity index (χ3v) is 4.98. The first-order chi connectivity index (χ1) is 12.5. The minimum Gasteiger partial charge on any atom is -0.373 e. The maximum absolute atomic E-state index is 5.06. The highest BCUT2D eigenvalue weighted by molar-refractivity contribution is 5.86. The van der Waals surface area contributed by atoms with Gasteiger partial charge in [-0.25, -0.2) is 9.97 Å². The zero-order valence-corrected chi connectivity index (χ0v) is 16.8. The molecule has 0 atom stereocenters. The van der Waals surface area contributed by atoms with Crippen molar-refractivity contribution in [2.24, 2.45) is 0 Å². The first-order valence-corrected chi connectivity index (χ1v) is 9.62. The Balaban J connectivity index is 0.00000261. The van der Waals surface area contributed by atoms with Crippen LogP contribution in [-0.4, -0.2) is 21.6 Å². The average Bonchev–Trinajstić information content (AvgIpc) is 2.93. The van der Waals surface area contributed by atoms with Crippen LogP contribution in [0.3, 0.4) is 0 Å². The summed E-state index contributed by atoms with van der Waals surface area (Å²) in [6.45, 7) is 11.9. The predicted molar refractivity (Wildman–Crippen MR) is 113 cm³/mol. The summed E-state index contributed by atoms with van der Waals surface area (Å²) in [7, 11) is 1.93. The van der Waals surface area contributed by atoms with E-state index >= 15 is 0 Å². The Morgan fingerprint density at radius 1 is 1.15 bits per heavy atom. The molecule has 0 aliphatic heterocycles.